The van der Waals surface area contributed by atoms with Gasteiger partial charge in [0, 0.05) is 24.2 Å². The van der Waals surface area contributed by atoms with Crippen molar-refractivity contribution in [2.24, 2.45) is 5.41 Å². The molecular weight excluding hydrogens is 461 g/mol. The van der Waals surface area contributed by atoms with Crippen molar-refractivity contribution in [1.29, 1.82) is 0 Å². The van der Waals surface area contributed by atoms with Crippen LogP contribution in [0.4, 0.5) is 10.2 Å². The first-order chi connectivity index (χ1) is 17.4. The van der Waals surface area contributed by atoms with Gasteiger partial charge in [-0.25, -0.2) is 14.4 Å². The molecule has 5 rings (SSSR count). The summed E-state index contributed by atoms with van der Waals surface area (Å²) < 4.78 is 26.4. The van der Waals surface area contributed by atoms with Crippen LogP contribution >= 0.6 is 0 Å². The molecule has 0 spiro atoms. The number of hydrogen-bond acceptors (Lipinski definition) is 8. The van der Waals surface area contributed by atoms with Crippen LogP contribution in [-0.2, 0) is 0 Å². The van der Waals surface area contributed by atoms with Gasteiger partial charge < -0.3 is 19.5 Å². The molecule has 0 amide bonds. The highest BCUT2D eigenvalue weighted by Crippen LogP contribution is 2.43. The summed E-state index contributed by atoms with van der Waals surface area (Å²) >= 11 is 0. The third-order valence-corrected chi connectivity index (χ3v) is 7.53. The van der Waals surface area contributed by atoms with Gasteiger partial charge in [0.15, 0.2) is 17.4 Å². The van der Waals surface area contributed by atoms with Crippen LogP contribution in [0.3, 0.4) is 0 Å². The van der Waals surface area contributed by atoms with Gasteiger partial charge in [0.2, 0.25) is 6.79 Å². The second-order valence-corrected chi connectivity index (χ2v) is 10.0. The van der Waals surface area contributed by atoms with Crippen molar-refractivity contribution in [3.63, 3.8) is 0 Å². The van der Waals surface area contributed by atoms with Crippen molar-refractivity contribution < 1.29 is 19.0 Å². The summed E-state index contributed by atoms with van der Waals surface area (Å²) in [5.74, 6) is 1.88. The molecule has 190 valence electrons. The Hall–Kier alpha value is -3.49. The first kappa shape index (κ1) is 24.2. The molecule has 3 heterocycles. The number of ether oxygens (including phenoxy) is 2. The van der Waals surface area contributed by atoms with Gasteiger partial charge in [0.05, 0.1) is 17.8 Å². The highest BCUT2D eigenvalue weighted by molar-refractivity contribution is 5.73. The third-order valence-electron chi connectivity index (χ3n) is 7.53. The van der Waals surface area contributed by atoms with E-state index in [4.69, 9.17) is 9.47 Å². The minimum absolute atomic E-state index is 0.0241. The van der Waals surface area contributed by atoms with E-state index in [0.717, 1.165) is 49.7 Å². The lowest BCUT2D eigenvalue weighted by Gasteiger charge is -2.39. The van der Waals surface area contributed by atoms with Crippen LogP contribution in [0.1, 0.15) is 52.4 Å². The molecule has 2 aliphatic rings. The molecule has 1 saturated carbocycles. The Labute approximate surface area is 210 Å². The number of anilines is 1. The van der Waals surface area contributed by atoms with E-state index in [-0.39, 0.29) is 24.0 Å². The Morgan fingerprint density at radius 1 is 1.11 bits per heavy atom. The van der Waals surface area contributed by atoms with E-state index in [1.807, 2.05) is 24.1 Å². The molecule has 2 aromatic heterocycles. The molecule has 1 aromatic carbocycles. The van der Waals surface area contributed by atoms with Crippen molar-refractivity contribution in [1.82, 2.24) is 20.2 Å². The Morgan fingerprint density at radius 3 is 2.72 bits per heavy atom. The Balaban J connectivity index is 1.35. The van der Waals surface area contributed by atoms with Crippen molar-refractivity contribution in [2.75, 3.05) is 18.7 Å². The number of halogens is 1. The van der Waals surface area contributed by atoms with Crippen LogP contribution in [-0.4, -0.2) is 51.3 Å². The van der Waals surface area contributed by atoms with Crippen molar-refractivity contribution in [3.8, 4) is 39.9 Å². The first-order valence-electron chi connectivity index (χ1n) is 12.6. The van der Waals surface area contributed by atoms with E-state index in [0.29, 0.717) is 28.8 Å². The van der Waals surface area contributed by atoms with E-state index in [1.54, 1.807) is 24.5 Å². The van der Waals surface area contributed by atoms with Gasteiger partial charge in [-0.3, -0.25) is 0 Å². The van der Waals surface area contributed by atoms with Crippen molar-refractivity contribution >= 4 is 5.82 Å². The Kier molecular flexibility index (Phi) is 6.64. The van der Waals surface area contributed by atoms with Gasteiger partial charge in [-0.15, -0.1) is 10.2 Å². The number of benzene rings is 1. The third kappa shape index (κ3) is 4.54. The summed E-state index contributed by atoms with van der Waals surface area (Å²) in [6.45, 7) is 4.34. The maximum atomic E-state index is 15.8. The molecule has 9 heteroatoms. The Morgan fingerprint density at radius 2 is 1.97 bits per heavy atom. The van der Waals surface area contributed by atoms with E-state index in [9.17, 15) is 5.11 Å². The number of nitrogens with zero attached hydrogens (tertiary/aromatic N) is 5. The lowest BCUT2D eigenvalue weighted by molar-refractivity contribution is 0.0868. The molecule has 0 unspecified atom stereocenters. The van der Waals surface area contributed by atoms with Crippen LogP contribution < -0.4 is 14.4 Å². The fourth-order valence-electron chi connectivity index (χ4n) is 5.43. The zero-order chi connectivity index (χ0) is 25.3. The lowest BCUT2D eigenvalue weighted by atomic mass is 9.76. The number of hydrogen-bond donors (Lipinski definition) is 1. The second-order valence-electron chi connectivity index (χ2n) is 10.0. The normalized spacial score (nSPS) is 23.3. The number of aromatic nitrogens is 4. The number of pyridine rings is 1. The van der Waals surface area contributed by atoms with E-state index >= 15 is 4.39 Å². The van der Waals surface area contributed by atoms with Crippen LogP contribution in [0.5, 0.6) is 17.4 Å². The number of fused-ring (bicyclic) bond motifs is 1. The molecule has 0 bridgehead atoms. The molecule has 36 heavy (non-hydrogen) atoms. The maximum absolute atomic E-state index is 15.8. The van der Waals surface area contributed by atoms with Crippen LogP contribution in [0.25, 0.3) is 22.5 Å². The fourth-order valence-corrected chi connectivity index (χ4v) is 5.43. The molecule has 3 aromatic rings. The molecule has 1 N–H and O–H groups in total. The van der Waals surface area contributed by atoms with Crippen LogP contribution in [0, 0.1) is 5.41 Å². The standard InChI is InChI=1S/C27H32FN5O3/c1-4-10-27(2)11-6-5-7-20(24(27)28)33(3)23-15-29-25(32-31-23)19-9-8-17(12-21(19)34)18-13-22-26(30-14-18)36-16-35-22/h8-9,12-15,20,24,34H,4-7,10-11,16H2,1-3H3/t20-,24-,27+/m0/s1. The van der Waals surface area contributed by atoms with E-state index in [1.165, 1.54) is 0 Å². The molecule has 0 radical (unpaired) electrons. The SMILES string of the molecule is CCC[C@]1(C)CCCC[C@H](N(C)c2cnc(-c3ccc(-c4cnc5c(c4)OCO5)cc3O)nn2)[C@@H]1F. The minimum atomic E-state index is -0.950. The van der Waals surface area contributed by atoms with Gasteiger partial charge in [-0.2, -0.15) is 0 Å². The topological polar surface area (TPSA) is 93.5 Å². The van der Waals surface area contributed by atoms with E-state index < -0.39 is 6.17 Å². The number of aromatic hydroxyl groups is 1. The molecule has 3 atom stereocenters. The second kappa shape index (κ2) is 9.87. The van der Waals surface area contributed by atoms with Crippen LogP contribution in [0.15, 0.2) is 36.7 Å². The summed E-state index contributed by atoms with van der Waals surface area (Å²) in [5.41, 5.74) is 1.69. The highest BCUT2D eigenvalue weighted by atomic mass is 19.1. The van der Waals surface area contributed by atoms with Gasteiger partial charge in [0.25, 0.3) is 5.88 Å². The largest absolute Gasteiger partial charge is 0.507 e. The first-order valence-corrected chi connectivity index (χ1v) is 12.6. The number of rotatable bonds is 6. The highest BCUT2D eigenvalue weighted by Gasteiger charge is 2.42. The quantitative estimate of drug-likeness (QED) is 0.446. The molecule has 0 saturated heterocycles. The predicted octanol–water partition coefficient (Wildman–Crippen LogP) is 5.56. The van der Waals surface area contributed by atoms with Crippen molar-refractivity contribution in [2.45, 2.75) is 64.6 Å². The minimum Gasteiger partial charge on any atom is -0.507 e. The molecular formula is C27H32FN5O3. The summed E-state index contributed by atoms with van der Waals surface area (Å²) in [4.78, 5) is 10.6. The monoisotopic (exact) mass is 493 g/mol. The summed E-state index contributed by atoms with van der Waals surface area (Å²) in [6, 6.07) is 6.78. The van der Waals surface area contributed by atoms with E-state index in [2.05, 4.69) is 34.0 Å². The van der Waals surface area contributed by atoms with Crippen molar-refractivity contribution in [3.05, 3.63) is 36.7 Å². The number of phenols is 1. The predicted molar refractivity (Wildman–Crippen MR) is 135 cm³/mol. The summed E-state index contributed by atoms with van der Waals surface area (Å²) in [7, 11) is 1.87. The molecule has 8 nitrogen and oxygen atoms in total. The average molecular weight is 494 g/mol. The summed E-state index contributed by atoms with van der Waals surface area (Å²) in [5, 5.41) is 19.3. The Bertz CT molecular complexity index is 1220. The average Bonchev–Trinajstić information content (AvgIpc) is 3.31. The zero-order valence-corrected chi connectivity index (χ0v) is 20.9. The maximum Gasteiger partial charge on any atom is 0.260 e. The lowest BCUT2D eigenvalue weighted by Crippen LogP contribution is -2.46. The number of alkyl halides is 1. The molecule has 1 aliphatic carbocycles. The fraction of sp³-hybridized carbons (Fsp3) is 0.481. The van der Waals surface area contributed by atoms with Gasteiger partial charge in [0.1, 0.15) is 11.9 Å². The zero-order valence-electron chi connectivity index (χ0n) is 20.9. The smallest absolute Gasteiger partial charge is 0.260 e. The summed E-state index contributed by atoms with van der Waals surface area (Å²) in [6.07, 6.45) is 7.89. The van der Waals surface area contributed by atoms with Gasteiger partial charge in [-0.05, 0) is 43.0 Å². The number of phenolic OH excluding ortho intramolecular Hbond substituents is 1. The molecule has 1 fully saturated rings. The van der Waals surface area contributed by atoms with Crippen LogP contribution in [0.2, 0.25) is 0 Å². The van der Waals surface area contributed by atoms with Gasteiger partial charge in [-0.1, -0.05) is 39.2 Å². The molecule has 1 aliphatic heterocycles. The van der Waals surface area contributed by atoms with Gasteiger partial charge >= 0.3 is 0 Å².